The largest absolute Gasteiger partial charge is 0.497 e. The van der Waals surface area contributed by atoms with Crippen molar-refractivity contribution in [2.75, 3.05) is 51.0 Å². The second kappa shape index (κ2) is 10.8. The smallest absolute Gasteiger partial charge is 0.323 e. The maximum atomic E-state index is 13.1. The van der Waals surface area contributed by atoms with Crippen molar-refractivity contribution < 1.29 is 23.9 Å². The molecule has 0 atom stereocenters. The third kappa shape index (κ3) is 5.37. The molecule has 0 radical (unpaired) electrons. The Morgan fingerprint density at radius 2 is 1.68 bits per heavy atom. The fraction of sp³-hybridized carbons (Fsp3) is 0.194. The van der Waals surface area contributed by atoms with Gasteiger partial charge in [0, 0.05) is 65.8 Å². The molecule has 0 saturated carbocycles. The molecule has 3 aromatic carbocycles. The quantitative estimate of drug-likeness (QED) is 0.306. The molecule has 0 spiro atoms. The Labute approximate surface area is 236 Å². The number of amides is 3. The van der Waals surface area contributed by atoms with Crippen LogP contribution in [0.25, 0.3) is 17.0 Å². The molecule has 10 nitrogen and oxygen atoms in total. The first-order chi connectivity index (χ1) is 19.9. The number of hydrogen-bond donors (Lipinski definition) is 3. The summed E-state index contributed by atoms with van der Waals surface area (Å²) in [5.74, 6) is 1.03. The van der Waals surface area contributed by atoms with Crippen molar-refractivity contribution in [3.8, 4) is 11.5 Å². The number of nitrogens with one attached hydrogen (secondary N) is 3. The summed E-state index contributed by atoms with van der Waals surface area (Å²) in [6.07, 6.45) is 3.50. The van der Waals surface area contributed by atoms with E-state index in [0.717, 1.165) is 29.6 Å². The van der Waals surface area contributed by atoms with E-state index < -0.39 is 6.03 Å². The molecule has 0 aliphatic carbocycles. The maximum Gasteiger partial charge on any atom is 0.323 e. The second-order valence-electron chi connectivity index (χ2n) is 10.1. The van der Waals surface area contributed by atoms with E-state index in [-0.39, 0.29) is 17.4 Å². The highest BCUT2D eigenvalue weighted by Crippen LogP contribution is 2.35. The number of aromatic amines is 1. The molecule has 0 bridgehead atoms. The normalized spacial score (nSPS) is 16.0. The molecule has 1 aromatic heterocycles. The topological polar surface area (TPSA) is 116 Å². The van der Waals surface area contributed by atoms with Crippen molar-refractivity contribution in [2.45, 2.75) is 0 Å². The zero-order valence-corrected chi connectivity index (χ0v) is 22.7. The number of hydrogen-bond acceptors (Lipinski definition) is 6. The number of carbonyl (C=O) groups is 3. The Hall–Kier alpha value is -5.09. The van der Waals surface area contributed by atoms with Crippen LogP contribution >= 0.6 is 0 Å². The van der Waals surface area contributed by atoms with Gasteiger partial charge in [0.1, 0.15) is 11.5 Å². The Bertz CT molecular complexity index is 1680. The number of aromatic nitrogens is 1. The van der Waals surface area contributed by atoms with Crippen LogP contribution in [0.15, 0.2) is 72.6 Å². The number of piperazine rings is 1. The van der Waals surface area contributed by atoms with E-state index in [1.54, 1.807) is 55.7 Å². The molecule has 3 heterocycles. The summed E-state index contributed by atoms with van der Waals surface area (Å²) in [5, 5.41) is 6.42. The van der Waals surface area contributed by atoms with Gasteiger partial charge in [0.05, 0.1) is 12.7 Å². The number of benzene rings is 3. The number of carbonyl (C=O) groups excluding carboxylic acids is 3. The first-order valence-corrected chi connectivity index (χ1v) is 13.3. The van der Waals surface area contributed by atoms with E-state index in [2.05, 4.69) is 20.5 Å². The molecule has 2 aliphatic rings. The molecule has 3 N–H and O–H groups in total. The van der Waals surface area contributed by atoms with Crippen molar-refractivity contribution in [3.63, 3.8) is 0 Å². The van der Waals surface area contributed by atoms with Crippen molar-refractivity contribution >= 4 is 46.1 Å². The predicted octanol–water partition coefficient (Wildman–Crippen LogP) is 4.82. The van der Waals surface area contributed by atoms with Crippen molar-refractivity contribution in [3.05, 3.63) is 89.3 Å². The van der Waals surface area contributed by atoms with Crippen LogP contribution in [0.2, 0.25) is 0 Å². The van der Waals surface area contributed by atoms with Gasteiger partial charge in [0.2, 0.25) is 5.78 Å². The Balaban J connectivity index is 1.10. The molecule has 4 aromatic rings. The summed E-state index contributed by atoms with van der Waals surface area (Å²) in [6.45, 7) is 3.09. The van der Waals surface area contributed by atoms with Crippen LogP contribution in [-0.4, -0.2) is 72.8 Å². The van der Waals surface area contributed by atoms with Crippen LogP contribution in [0.1, 0.15) is 26.3 Å². The Kier molecular flexibility index (Phi) is 6.90. The van der Waals surface area contributed by atoms with Gasteiger partial charge in [-0.2, -0.15) is 0 Å². The maximum absolute atomic E-state index is 13.1. The predicted molar refractivity (Wildman–Crippen MR) is 157 cm³/mol. The SMILES string of the molecule is COc1ccc2[nH]cc(C=C3Oc4ccc(NC(=O)Nc5ccc(C(=O)N6CCN(C)CC6)cc5)cc4C3=O)c2c1. The number of ketones is 1. The van der Waals surface area contributed by atoms with Gasteiger partial charge in [-0.05, 0) is 73.8 Å². The minimum Gasteiger partial charge on any atom is -0.497 e. The second-order valence-corrected chi connectivity index (χ2v) is 10.1. The number of H-pyrrole nitrogens is 1. The average Bonchev–Trinajstić information content (AvgIpc) is 3.53. The first kappa shape index (κ1) is 26.1. The number of fused-ring (bicyclic) bond motifs is 2. The van der Waals surface area contributed by atoms with Gasteiger partial charge in [-0.15, -0.1) is 0 Å². The summed E-state index contributed by atoms with van der Waals surface area (Å²) in [4.78, 5) is 45.8. The molecule has 1 saturated heterocycles. The van der Waals surface area contributed by atoms with Crippen LogP contribution < -0.4 is 20.1 Å². The Morgan fingerprint density at radius 1 is 0.951 bits per heavy atom. The number of nitrogens with zero attached hydrogens (tertiary/aromatic N) is 2. The lowest BCUT2D eigenvalue weighted by molar-refractivity contribution is 0.0664. The highest BCUT2D eigenvalue weighted by Gasteiger charge is 2.28. The van der Waals surface area contributed by atoms with Crippen LogP contribution in [0.4, 0.5) is 16.2 Å². The number of anilines is 2. The van der Waals surface area contributed by atoms with Crippen LogP contribution in [-0.2, 0) is 0 Å². The third-order valence-corrected chi connectivity index (χ3v) is 7.31. The summed E-state index contributed by atoms with van der Waals surface area (Å²) in [7, 11) is 3.65. The van der Waals surface area contributed by atoms with Gasteiger partial charge in [-0.3, -0.25) is 9.59 Å². The fourth-order valence-electron chi connectivity index (χ4n) is 4.96. The molecule has 0 unspecified atom stereocenters. The first-order valence-electron chi connectivity index (χ1n) is 13.3. The average molecular weight is 552 g/mol. The molecular formula is C31H29N5O5. The number of methoxy groups -OCH3 is 1. The van der Waals surface area contributed by atoms with Gasteiger partial charge in [-0.25, -0.2) is 4.79 Å². The molecule has 6 rings (SSSR count). The summed E-state index contributed by atoms with van der Waals surface area (Å²) >= 11 is 0. The summed E-state index contributed by atoms with van der Waals surface area (Å²) in [6, 6.07) is 16.9. The molecule has 3 amide bonds. The van der Waals surface area contributed by atoms with E-state index in [4.69, 9.17) is 9.47 Å². The zero-order valence-electron chi connectivity index (χ0n) is 22.7. The molecular weight excluding hydrogens is 522 g/mol. The van der Waals surface area contributed by atoms with Crippen molar-refractivity contribution in [1.29, 1.82) is 0 Å². The highest BCUT2D eigenvalue weighted by atomic mass is 16.5. The Morgan fingerprint density at radius 3 is 2.44 bits per heavy atom. The highest BCUT2D eigenvalue weighted by molar-refractivity contribution is 6.16. The lowest BCUT2D eigenvalue weighted by atomic mass is 10.1. The number of likely N-dealkylation sites (N-methyl/N-ethyl adjacent to an activating group) is 1. The molecule has 10 heteroatoms. The molecule has 208 valence electrons. The zero-order chi connectivity index (χ0) is 28.5. The van der Waals surface area contributed by atoms with E-state index in [9.17, 15) is 14.4 Å². The lowest BCUT2D eigenvalue weighted by Gasteiger charge is -2.32. The van der Waals surface area contributed by atoms with Gasteiger partial charge >= 0.3 is 6.03 Å². The number of rotatable bonds is 5. The van der Waals surface area contributed by atoms with Gasteiger partial charge < -0.3 is 34.9 Å². The van der Waals surface area contributed by atoms with Gasteiger partial charge in [0.25, 0.3) is 5.91 Å². The summed E-state index contributed by atoms with van der Waals surface area (Å²) in [5.41, 5.74) is 3.63. The summed E-state index contributed by atoms with van der Waals surface area (Å²) < 4.78 is 11.2. The standard InChI is InChI=1S/C31H29N5O5/c1-35-11-13-36(14-12-35)30(38)19-3-5-21(6-4-19)33-31(39)34-22-7-10-27-25(16-22)29(37)28(41-27)15-20-18-32-26-9-8-23(40-2)17-24(20)26/h3-10,15-18,32H,11-14H2,1-2H3,(H2,33,34,39). The van der Waals surface area contributed by atoms with E-state index >= 15 is 0 Å². The third-order valence-electron chi connectivity index (χ3n) is 7.31. The molecule has 1 fully saturated rings. The minimum absolute atomic E-state index is 0.0167. The van der Waals surface area contributed by atoms with E-state index in [1.807, 2.05) is 36.3 Å². The monoisotopic (exact) mass is 551 g/mol. The van der Waals surface area contributed by atoms with Crippen molar-refractivity contribution in [1.82, 2.24) is 14.8 Å². The molecule has 2 aliphatic heterocycles. The lowest BCUT2D eigenvalue weighted by Crippen LogP contribution is -2.47. The number of allylic oxidation sites excluding steroid dienone is 1. The minimum atomic E-state index is -0.474. The number of urea groups is 1. The number of ether oxygens (including phenoxy) is 2. The molecule has 41 heavy (non-hydrogen) atoms. The van der Waals surface area contributed by atoms with Gasteiger partial charge in [-0.1, -0.05) is 0 Å². The van der Waals surface area contributed by atoms with E-state index in [1.165, 1.54) is 0 Å². The van der Waals surface area contributed by atoms with Crippen LogP contribution in [0.5, 0.6) is 11.5 Å². The van der Waals surface area contributed by atoms with Gasteiger partial charge in [0.15, 0.2) is 5.76 Å². The number of Topliss-reactive ketones (excluding diaryl/α,β-unsaturated/α-hetero) is 1. The van der Waals surface area contributed by atoms with Crippen LogP contribution in [0, 0.1) is 0 Å². The van der Waals surface area contributed by atoms with E-state index in [0.29, 0.717) is 47.1 Å². The van der Waals surface area contributed by atoms with Crippen molar-refractivity contribution in [2.24, 2.45) is 0 Å². The fourth-order valence-corrected chi connectivity index (χ4v) is 4.96. The van der Waals surface area contributed by atoms with Crippen LogP contribution in [0.3, 0.4) is 0 Å².